The van der Waals surface area contributed by atoms with Crippen LogP contribution in [0, 0.1) is 18.8 Å². The van der Waals surface area contributed by atoms with Gasteiger partial charge in [-0.25, -0.2) is 0 Å². The smallest absolute Gasteiger partial charge is 0.224 e. The first-order chi connectivity index (χ1) is 9.13. The van der Waals surface area contributed by atoms with Crippen LogP contribution >= 0.6 is 0 Å². The van der Waals surface area contributed by atoms with Crippen molar-refractivity contribution >= 4 is 11.7 Å². The van der Waals surface area contributed by atoms with Crippen LogP contribution in [0.4, 0.5) is 0 Å². The molecule has 2 aliphatic rings. The Labute approximate surface area is 112 Å². The van der Waals surface area contributed by atoms with E-state index < -0.39 is 0 Å². The molecule has 3 rings (SSSR count). The Kier molecular flexibility index (Phi) is 3.09. The van der Waals surface area contributed by atoms with E-state index in [1.54, 1.807) is 0 Å². The van der Waals surface area contributed by atoms with Gasteiger partial charge in [0, 0.05) is 18.5 Å². The van der Waals surface area contributed by atoms with Crippen LogP contribution in [-0.4, -0.2) is 16.7 Å². The number of Topliss-reactive ketones (excluding diaryl/α,β-unsaturated/α-hetero) is 1. The summed E-state index contributed by atoms with van der Waals surface area (Å²) >= 11 is 0. The van der Waals surface area contributed by atoms with Crippen molar-refractivity contribution in [2.24, 2.45) is 11.8 Å². The first-order valence-corrected chi connectivity index (χ1v) is 6.89. The van der Waals surface area contributed by atoms with Gasteiger partial charge in [-0.3, -0.25) is 14.6 Å². The molecule has 1 aromatic heterocycles. The van der Waals surface area contributed by atoms with Crippen molar-refractivity contribution in [3.8, 4) is 0 Å². The minimum Gasteiger partial charge on any atom is -0.347 e. The molecule has 1 amide bonds. The Hall–Kier alpha value is -1.71. The number of hydrogen-bond donors (Lipinski definition) is 1. The lowest BCUT2D eigenvalue weighted by atomic mass is 9.83. The zero-order valence-electron chi connectivity index (χ0n) is 11.1. The van der Waals surface area contributed by atoms with Gasteiger partial charge in [0.15, 0.2) is 0 Å². The van der Waals surface area contributed by atoms with Crippen LogP contribution in [0.3, 0.4) is 0 Å². The lowest BCUT2D eigenvalue weighted by Gasteiger charge is -2.26. The molecule has 2 fully saturated rings. The fourth-order valence-corrected chi connectivity index (χ4v) is 2.55. The number of aryl methyl sites for hydroxylation is 1. The van der Waals surface area contributed by atoms with Gasteiger partial charge in [0.25, 0.3) is 0 Å². The molecule has 4 nitrogen and oxygen atoms in total. The molecule has 19 heavy (non-hydrogen) atoms. The topological polar surface area (TPSA) is 59.1 Å². The summed E-state index contributed by atoms with van der Waals surface area (Å²) in [6.45, 7) is 1.96. The Balaban J connectivity index is 1.71. The number of ketones is 1. The molecule has 1 atom stereocenters. The van der Waals surface area contributed by atoms with Gasteiger partial charge in [-0.05, 0) is 37.8 Å². The fraction of sp³-hybridized carbons (Fsp3) is 0.533. The molecule has 0 radical (unpaired) electrons. The van der Waals surface area contributed by atoms with Crippen LogP contribution in [0.2, 0.25) is 0 Å². The third-order valence-corrected chi connectivity index (χ3v) is 3.94. The number of rotatable bonds is 4. The number of nitrogens with one attached hydrogen (secondary N) is 1. The molecular weight excluding hydrogens is 240 g/mol. The number of aromatic nitrogens is 1. The van der Waals surface area contributed by atoms with Crippen molar-refractivity contribution in [2.45, 2.75) is 38.6 Å². The summed E-state index contributed by atoms with van der Waals surface area (Å²) < 4.78 is 0. The number of carbonyl (C=O) groups is 2. The molecule has 1 N–H and O–H groups in total. The van der Waals surface area contributed by atoms with Gasteiger partial charge in [-0.15, -0.1) is 0 Å². The summed E-state index contributed by atoms with van der Waals surface area (Å²) in [6, 6.07) is 5.93. The maximum Gasteiger partial charge on any atom is 0.224 e. The third-order valence-electron chi connectivity index (χ3n) is 3.94. The number of amides is 1. The molecule has 100 valence electrons. The van der Waals surface area contributed by atoms with Gasteiger partial charge in [0.1, 0.15) is 5.78 Å². The van der Waals surface area contributed by atoms with Crippen molar-refractivity contribution in [3.05, 3.63) is 29.6 Å². The van der Waals surface area contributed by atoms with Crippen LogP contribution in [-0.2, 0) is 9.59 Å². The second-order valence-corrected chi connectivity index (χ2v) is 5.67. The van der Waals surface area contributed by atoms with Crippen LogP contribution in [0.15, 0.2) is 18.2 Å². The van der Waals surface area contributed by atoms with Gasteiger partial charge in [0.05, 0.1) is 17.7 Å². The van der Waals surface area contributed by atoms with E-state index in [0.717, 1.165) is 24.2 Å². The Morgan fingerprint density at radius 3 is 2.68 bits per heavy atom. The van der Waals surface area contributed by atoms with Gasteiger partial charge >= 0.3 is 0 Å². The summed E-state index contributed by atoms with van der Waals surface area (Å²) in [6.07, 6.45) is 3.10. The van der Waals surface area contributed by atoms with E-state index in [0.29, 0.717) is 18.8 Å². The standard InChI is InChI=1S/C15H18N2O2/c1-9-3-2-4-13(16-9)14(10-5-6-10)17-15(19)11-7-12(18)8-11/h2-4,10-11,14H,5-8H2,1H3,(H,17,19). The maximum absolute atomic E-state index is 12.1. The van der Waals surface area contributed by atoms with E-state index in [1.807, 2.05) is 25.1 Å². The van der Waals surface area contributed by atoms with Gasteiger partial charge in [-0.2, -0.15) is 0 Å². The van der Waals surface area contributed by atoms with Crippen molar-refractivity contribution in [2.75, 3.05) is 0 Å². The molecule has 1 heterocycles. The lowest BCUT2D eigenvalue weighted by Crippen LogP contribution is -2.41. The van der Waals surface area contributed by atoms with Crippen molar-refractivity contribution in [1.82, 2.24) is 10.3 Å². The van der Waals surface area contributed by atoms with E-state index >= 15 is 0 Å². The van der Waals surface area contributed by atoms with Crippen LogP contribution in [0.25, 0.3) is 0 Å². The Morgan fingerprint density at radius 1 is 1.37 bits per heavy atom. The highest BCUT2D eigenvalue weighted by Gasteiger charge is 2.38. The SMILES string of the molecule is Cc1cccc(C(NC(=O)C2CC(=O)C2)C2CC2)n1. The maximum atomic E-state index is 12.1. The first kappa shape index (κ1) is 12.3. The first-order valence-electron chi connectivity index (χ1n) is 6.89. The number of pyridine rings is 1. The molecule has 2 saturated carbocycles. The minimum atomic E-state index is -0.112. The van der Waals surface area contributed by atoms with Crippen LogP contribution in [0.1, 0.15) is 43.1 Å². The van der Waals surface area contributed by atoms with E-state index in [4.69, 9.17) is 0 Å². The molecule has 0 bridgehead atoms. The predicted octanol–water partition coefficient (Wildman–Crippen LogP) is 1.94. The summed E-state index contributed by atoms with van der Waals surface area (Å²) in [7, 11) is 0. The van der Waals surface area contributed by atoms with E-state index in [9.17, 15) is 9.59 Å². The Morgan fingerprint density at radius 2 is 2.11 bits per heavy atom. The molecule has 1 aromatic rings. The second kappa shape index (κ2) is 4.76. The second-order valence-electron chi connectivity index (χ2n) is 5.67. The number of hydrogen-bond acceptors (Lipinski definition) is 3. The van der Waals surface area contributed by atoms with E-state index in [1.165, 1.54) is 0 Å². The van der Waals surface area contributed by atoms with Crippen molar-refractivity contribution in [3.63, 3.8) is 0 Å². The van der Waals surface area contributed by atoms with E-state index in [-0.39, 0.29) is 23.7 Å². The van der Waals surface area contributed by atoms with Crippen molar-refractivity contribution < 1.29 is 9.59 Å². The number of carbonyl (C=O) groups excluding carboxylic acids is 2. The molecule has 0 saturated heterocycles. The average molecular weight is 258 g/mol. The quantitative estimate of drug-likeness (QED) is 0.897. The summed E-state index contributed by atoms with van der Waals surface area (Å²) in [5.74, 6) is 0.601. The molecule has 0 spiro atoms. The van der Waals surface area contributed by atoms with Gasteiger partial charge in [-0.1, -0.05) is 6.07 Å². The number of nitrogens with zero attached hydrogens (tertiary/aromatic N) is 1. The summed E-state index contributed by atoms with van der Waals surface area (Å²) in [4.78, 5) is 27.6. The molecular formula is C15H18N2O2. The van der Waals surface area contributed by atoms with Gasteiger partial charge in [0.2, 0.25) is 5.91 Å². The van der Waals surface area contributed by atoms with E-state index in [2.05, 4.69) is 10.3 Å². The van der Waals surface area contributed by atoms with Crippen molar-refractivity contribution in [1.29, 1.82) is 0 Å². The summed E-state index contributed by atoms with van der Waals surface area (Å²) in [5, 5.41) is 3.09. The normalized spacial score (nSPS) is 20.8. The predicted molar refractivity (Wildman–Crippen MR) is 70.3 cm³/mol. The zero-order chi connectivity index (χ0) is 13.4. The molecule has 1 unspecified atom stereocenters. The highest BCUT2D eigenvalue weighted by molar-refractivity contribution is 5.96. The third kappa shape index (κ3) is 2.67. The minimum absolute atomic E-state index is 0.0137. The average Bonchev–Trinajstić information content (AvgIpc) is 3.16. The lowest BCUT2D eigenvalue weighted by molar-refractivity contribution is -0.138. The molecule has 2 aliphatic carbocycles. The Bertz CT molecular complexity index is 515. The summed E-state index contributed by atoms with van der Waals surface area (Å²) in [5.41, 5.74) is 1.91. The molecule has 0 aliphatic heterocycles. The zero-order valence-corrected chi connectivity index (χ0v) is 11.1. The monoisotopic (exact) mass is 258 g/mol. The largest absolute Gasteiger partial charge is 0.347 e. The fourth-order valence-electron chi connectivity index (χ4n) is 2.55. The molecule has 4 heteroatoms. The van der Waals surface area contributed by atoms with Gasteiger partial charge < -0.3 is 5.32 Å². The van der Waals surface area contributed by atoms with Crippen LogP contribution < -0.4 is 5.32 Å². The molecule has 0 aromatic carbocycles. The highest BCUT2D eigenvalue weighted by Crippen LogP contribution is 2.41. The highest BCUT2D eigenvalue weighted by atomic mass is 16.2. The van der Waals surface area contributed by atoms with Crippen LogP contribution in [0.5, 0.6) is 0 Å².